The molecule has 2 N–H and O–H groups in total. The number of hydrogen-bond donors (Lipinski definition) is 2. The second-order valence-corrected chi connectivity index (χ2v) is 3.60. The topological polar surface area (TPSA) is 41.1 Å². The van der Waals surface area contributed by atoms with Crippen LogP contribution in [0.15, 0.2) is 12.2 Å². The van der Waals surface area contributed by atoms with Crippen LogP contribution in [0, 0.1) is 0 Å². The average molecular weight is 154 g/mol. The van der Waals surface area contributed by atoms with Crippen molar-refractivity contribution in [2.24, 2.45) is 0 Å². The summed E-state index contributed by atoms with van der Waals surface area (Å²) in [7, 11) is 0. The fraction of sp³-hybridized carbons (Fsp3) is 0.625. The lowest BCUT2D eigenvalue weighted by Crippen LogP contribution is -2.44. The van der Waals surface area contributed by atoms with E-state index in [1.54, 1.807) is 0 Å². The zero-order valence-electron chi connectivity index (χ0n) is 7.19. The molecule has 2 amide bonds. The third-order valence-corrected chi connectivity index (χ3v) is 1.93. The highest BCUT2D eigenvalue weighted by Gasteiger charge is 2.38. The highest BCUT2D eigenvalue weighted by molar-refractivity contribution is 5.79. The van der Waals surface area contributed by atoms with Gasteiger partial charge in [-0.05, 0) is 20.8 Å². The monoisotopic (exact) mass is 154 g/mol. The van der Waals surface area contributed by atoms with Gasteiger partial charge in [0.15, 0.2) is 0 Å². The summed E-state index contributed by atoms with van der Waals surface area (Å²) in [6.45, 7) is 9.68. The predicted octanol–water partition coefficient (Wildman–Crippen LogP) is 1.02. The van der Waals surface area contributed by atoms with Crippen LogP contribution in [0.4, 0.5) is 4.79 Å². The largest absolute Gasteiger partial charge is 0.331 e. The van der Waals surface area contributed by atoms with Crippen molar-refractivity contribution >= 4 is 6.03 Å². The van der Waals surface area contributed by atoms with Crippen molar-refractivity contribution < 1.29 is 4.79 Å². The van der Waals surface area contributed by atoms with Crippen molar-refractivity contribution in [3.63, 3.8) is 0 Å². The van der Waals surface area contributed by atoms with E-state index in [4.69, 9.17) is 0 Å². The van der Waals surface area contributed by atoms with Crippen molar-refractivity contribution in [2.75, 3.05) is 0 Å². The average Bonchev–Trinajstić information content (AvgIpc) is 2.04. The number of amides is 2. The molecular weight excluding hydrogens is 140 g/mol. The van der Waals surface area contributed by atoms with Gasteiger partial charge in [-0.3, -0.25) is 0 Å². The maximum Gasteiger partial charge on any atom is 0.315 e. The Balaban J connectivity index is 2.82. The molecule has 1 aliphatic rings. The minimum Gasteiger partial charge on any atom is -0.331 e. The molecule has 11 heavy (non-hydrogen) atoms. The van der Waals surface area contributed by atoms with Crippen LogP contribution in [0.2, 0.25) is 0 Å². The van der Waals surface area contributed by atoms with Gasteiger partial charge in [-0.15, -0.1) is 0 Å². The molecule has 1 unspecified atom stereocenters. The molecule has 0 radical (unpaired) electrons. The van der Waals surface area contributed by atoms with E-state index in [-0.39, 0.29) is 17.6 Å². The molecule has 0 aromatic heterocycles. The van der Waals surface area contributed by atoms with Crippen molar-refractivity contribution in [2.45, 2.75) is 32.4 Å². The summed E-state index contributed by atoms with van der Waals surface area (Å²) in [6, 6.07) is -0.0574. The molecular formula is C8H14N2O. The smallest absolute Gasteiger partial charge is 0.315 e. The van der Waals surface area contributed by atoms with Gasteiger partial charge in [0.1, 0.15) is 0 Å². The summed E-state index contributed by atoms with van der Waals surface area (Å²) < 4.78 is 0. The van der Waals surface area contributed by atoms with Crippen LogP contribution in [0.3, 0.4) is 0 Å². The minimum atomic E-state index is -0.205. The van der Waals surface area contributed by atoms with Gasteiger partial charge in [0.2, 0.25) is 0 Å². The van der Waals surface area contributed by atoms with Gasteiger partial charge in [0, 0.05) is 0 Å². The van der Waals surface area contributed by atoms with Crippen LogP contribution in [0.25, 0.3) is 0 Å². The highest BCUT2D eigenvalue weighted by atomic mass is 16.2. The molecule has 1 fully saturated rings. The van der Waals surface area contributed by atoms with Crippen molar-refractivity contribution in [1.82, 2.24) is 10.6 Å². The zero-order chi connectivity index (χ0) is 8.65. The van der Waals surface area contributed by atoms with Gasteiger partial charge in [0.25, 0.3) is 0 Å². The van der Waals surface area contributed by atoms with E-state index >= 15 is 0 Å². The van der Waals surface area contributed by atoms with Gasteiger partial charge in [-0.1, -0.05) is 12.2 Å². The van der Waals surface area contributed by atoms with Gasteiger partial charge in [0.05, 0.1) is 11.6 Å². The Hall–Kier alpha value is -0.990. The lowest BCUT2D eigenvalue weighted by molar-refractivity contribution is 0.246. The molecule has 1 atom stereocenters. The second kappa shape index (κ2) is 2.26. The van der Waals surface area contributed by atoms with Gasteiger partial charge < -0.3 is 10.6 Å². The van der Waals surface area contributed by atoms with Gasteiger partial charge in [-0.2, -0.15) is 0 Å². The summed E-state index contributed by atoms with van der Waals surface area (Å²) in [5, 5.41) is 5.61. The first kappa shape index (κ1) is 8.11. The Labute approximate surface area is 66.9 Å². The van der Waals surface area contributed by atoms with Crippen molar-refractivity contribution in [3.8, 4) is 0 Å². The molecule has 0 saturated carbocycles. The number of nitrogens with one attached hydrogen (secondary N) is 2. The van der Waals surface area contributed by atoms with Gasteiger partial charge >= 0.3 is 6.03 Å². The molecule has 1 saturated heterocycles. The first-order valence-electron chi connectivity index (χ1n) is 3.67. The van der Waals surface area contributed by atoms with Crippen LogP contribution < -0.4 is 10.6 Å². The molecule has 3 heteroatoms. The Bertz CT molecular complexity index is 208. The SMILES string of the molecule is C=C(C)C1NC(=O)NC1(C)C. The minimum absolute atomic E-state index is 0.0509. The summed E-state index contributed by atoms with van der Waals surface area (Å²) in [4.78, 5) is 10.9. The van der Waals surface area contributed by atoms with Crippen molar-refractivity contribution in [3.05, 3.63) is 12.2 Å². The van der Waals surface area contributed by atoms with E-state index < -0.39 is 0 Å². The lowest BCUT2D eigenvalue weighted by Gasteiger charge is -2.25. The quantitative estimate of drug-likeness (QED) is 0.544. The molecule has 1 rings (SSSR count). The number of rotatable bonds is 1. The van der Waals surface area contributed by atoms with Crippen LogP contribution in [-0.4, -0.2) is 17.6 Å². The fourth-order valence-corrected chi connectivity index (χ4v) is 1.45. The lowest BCUT2D eigenvalue weighted by atomic mass is 9.92. The van der Waals surface area contributed by atoms with Crippen LogP contribution in [0.1, 0.15) is 20.8 Å². The second-order valence-electron chi connectivity index (χ2n) is 3.60. The van der Waals surface area contributed by atoms with E-state index in [0.717, 1.165) is 5.57 Å². The Morgan fingerprint density at radius 2 is 2.18 bits per heavy atom. The maximum atomic E-state index is 10.9. The molecule has 3 nitrogen and oxygen atoms in total. The van der Waals surface area contributed by atoms with Crippen LogP contribution >= 0.6 is 0 Å². The molecule has 0 aliphatic carbocycles. The fourth-order valence-electron chi connectivity index (χ4n) is 1.45. The number of urea groups is 1. The number of carbonyl (C=O) groups is 1. The zero-order valence-corrected chi connectivity index (χ0v) is 7.19. The molecule has 0 aromatic rings. The Morgan fingerprint density at radius 3 is 2.36 bits per heavy atom. The molecule has 0 aromatic carbocycles. The standard InChI is InChI=1S/C8H14N2O/c1-5(2)6-8(3,4)10-7(11)9-6/h6H,1H2,2-4H3,(H2,9,10,11). The van der Waals surface area contributed by atoms with E-state index in [1.807, 2.05) is 20.8 Å². The highest BCUT2D eigenvalue weighted by Crippen LogP contribution is 2.19. The first-order valence-corrected chi connectivity index (χ1v) is 3.67. The van der Waals surface area contributed by atoms with Crippen molar-refractivity contribution in [1.29, 1.82) is 0 Å². The molecule has 0 spiro atoms. The third kappa shape index (κ3) is 1.37. The van der Waals surface area contributed by atoms with Crippen LogP contribution in [0.5, 0.6) is 0 Å². The molecule has 0 bridgehead atoms. The number of hydrogen-bond acceptors (Lipinski definition) is 1. The van der Waals surface area contributed by atoms with E-state index in [2.05, 4.69) is 17.2 Å². The number of carbonyl (C=O) groups excluding carboxylic acids is 1. The predicted molar refractivity (Wildman–Crippen MR) is 44.3 cm³/mol. The van der Waals surface area contributed by atoms with E-state index in [1.165, 1.54) is 0 Å². The van der Waals surface area contributed by atoms with Gasteiger partial charge in [-0.25, -0.2) is 4.79 Å². The maximum absolute atomic E-state index is 10.9. The van der Waals surface area contributed by atoms with E-state index in [0.29, 0.717) is 0 Å². The summed E-state index contributed by atoms with van der Waals surface area (Å²) in [5.41, 5.74) is 0.775. The Morgan fingerprint density at radius 1 is 1.64 bits per heavy atom. The summed E-state index contributed by atoms with van der Waals surface area (Å²) >= 11 is 0. The molecule has 1 aliphatic heterocycles. The Kier molecular flexibility index (Phi) is 1.66. The molecule has 62 valence electrons. The van der Waals surface area contributed by atoms with Crippen LogP contribution in [-0.2, 0) is 0 Å². The van der Waals surface area contributed by atoms with E-state index in [9.17, 15) is 4.79 Å². The summed E-state index contributed by atoms with van der Waals surface area (Å²) in [6.07, 6.45) is 0. The first-order chi connectivity index (χ1) is 4.93. The normalized spacial score (nSPS) is 27.5. The summed E-state index contributed by atoms with van der Waals surface area (Å²) in [5.74, 6) is 0. The third-order valence-electron chi connectivity index (χ3n) is 1.93. The molecule has 1 heterocycles.